The first-order valence-corrected chi connectivity index (χ1v) is 30.5. The smallest absolute Gasteiger partial charge is 0.222 e. The van der Waals surface area contributed by atoms with Crippen molar-refractivity contribution in [1.29, 1.82) is 0 Å². The second-order valence-electron chi connectivity index (χ2n) is 21.2. The van der Waals surface area contributed by atoms with Gasteiger partial charge in [0.25, 0.3) is 0 Å². The Morgan fingerprint density at radius 3 is 0.524 bits per heavy atom. The Labute approximate surface area is 401 Å². The van der Waals surface area contributed by atoms with E-state index in [9.17, 15) is 4.79 Å². The number of hydrogen-bond acceptors (Lipinski definition) is 1. The third-order valence-corrected chi connectivity index (χ3v) is 14.7. The predicted molar refractivity (Wildman–Crippen MR) is 288 cm³/mol. The van der Waals surface area contributed by atoms with Gasteiger partial charge in [-0.2, -0.15) is 0 Å². The zero-order valence-electron chi connectivity index (χ0n) is 44.7. The maximum absolute atomic E-state index is 13.3. The molecule has 0 saturated heterocycles. The van der Waals surface area contributed by atoms with Crippen LogP contribution in [-0.2, 0) is 4.79 Å². The third kappa shape index (κ3) is 54.0. The molecule has 0 aliphatic rings. The average molecular weight is 887 g/mol. The van der Waals surface area contributed by atoms with E-state index in [1.165, 1.54) is 340 Å². The lowest BCUT2D eigenvalue weighted by Crippen LogP contribution is -2.32. The van der Waals surface area contributed by atoms with Crippen molar-refractivity contribution in [2.75, 3.05) is 13.1 Å². The second kappa shape index (κ2) is 57.6. The minimum atomic E-state index is 0.455. The molecule has 0 aromatic heterocycles. The van der Waals surface area contributed by atoms with Gasteiger partial charge in [0, 0.05) is 19.5 Å². The number of rotatable bonds is 57. The van der Waals surface area contributed by atoms with Crippen LogP contribution in [0.3, 0.4) is 0 Å². The molecule has 0 radical (unpaired) electrons. The monoisotopic (exact) mass is 886 g/mol. The molecule has 0 spiro atoms. The Morgan fingerprint density at radius 1 is 0.206 bits per heavy atom. The molecule has 0 atom stereocenters. The number of nitrogens with zero attached hydrogens (tertiary/aromatic N) is 1. The standard InChI is InChI=1S/C61H123NO/c1-4-7-10-13-16-18-20-22-24-26-28-30-32-34-36-38-40-42-44-46-48-50-52-55-58-61(63)62(59-56-53-15-12-9-6-3)60-57-54-51-49-47-45-43-41-39-37-35-33-31-29-27-25-23-21-19-17-14-11-8-5-2/h4-60H2,1-3H3. The minimum Gasteiger partial charge on any atom is -0.343 e. The molecule has 0 saturated carbocycles. The van der Waals surface area contributed by atoms with Gasteiger partial charge in [-0.3, -0.25) is 4.79 Å². The van der Waals surface area contributed by atoms with Crippen molar-refractivity contribution in [2.24, 2.45) is 0 Å². The SMILES string of the molecule is CCCCCCCCCCCCCCCCCCCCCCCCCCC(=O)N(CCCCCCCC)CCCCCCCCCCCCCCCCCCCCCCCCCC. The van der Waals surface area contributed by atoms with Crippen LogP contribution in [0.1, 0.15) is 374 Å². The van der Waals surface area contributed by atoms with Crippen molar-refractivity contribution < 1.29 is 4.79 Å². The first kappa shape index (κ1) is 62.5. The van der Waals surface area contributed by atoms with Crippen LogP contribution in [0.15, 0.2) is 0 Å². The summed E-state index contributed by atoms with van der Waals surface area (Å²) in [7, 11) is 0. The third-order valence-electron chi connectivity index (χ3n) is 14.7. The molecule has 0 aliphatic carbocycles. The molecule has 0 aliphatic heterocycles. The Morgan fingerprint density at radius 2 is 0.349 bits per heavy atom. The van der Waals surface area contributed by atoms with Gasteiger partial charge in [0.1, 0.15) is 0 Å². The van der Waals surface area contributed by atoms with Gasteiger partial charge in [0.2, 0.25) is 5.91 Å². The van der Waals surface area contributed by atoms with Gasteiger partial charge in [-0.15, -0.1) is 0 Å². The number of amides is 1. The molecule has 0 heterocycles. The fraction of sp³-hybridized carbons (Fsp3) is 0.984. The summed E-state index contributed by atoms with van der Waals surface area (Å²) in [6.07, 6.45) is 77.2. The Kier molecular flexibility index (Phi) is 57.1. The molecule has 2 nitrogen and oxygen atoms in total. The van der Waals surface area contributed by atoms with Crippen LogP contribution in [0.4, 0.5) is 0 Å². The van der Waals surface area contributed by atoms with Gasteiger partial charge < -0.3 is 4.90 Å². The minimum absolute atomic E-state index is 0.455. The normalized spacial score (nSPS) is 11.6. The number of carbonyl (C=O) groups excluding carboxylic acids is 1. The number of unbranched alkanes of at least 4 members (excludes halogenated alkanes) is 51. The van der Waals surface area contributed by atoms with Crippen molar-refractivity contribution in [3.05, 3.63) is 0 Å². The van der Waals surface area contributed by atoms with E-state index >= 15 is 0 Å². The molecule has 0 bridgehead atoms. The molecule has 378 valence electrons. The van der Waals surface area contributed by atoms with E-state index in [0.29, 0.717) is 5.91 Å². The maximum atomic E-state index is 13.3. The summed E-state index contributed by atoms with van der Waals surface area (Å²) in [6, 6.07) is 0. The topological polar surface area (TPSA) is 20.3 Å². The highest BCUT2D eigenvalue weighted by Crippen LogP contribution is 2.19. The zero-order chi connectivity index (χ0) is 45.5. The summed E-state index contributed by atoms with van der Waals surface area (Å²) in [6.45, 7) is 8.93. The van der Waals surface area contributed by atoms with Crippen LogP contribution in [0.2, 0.25) is 0 Å². The lowest BCUT2D eigenvalue weighted by Gasteiger charge is -2.23. The Balaban J connectivity index is 3.71. The summed E-state index contributed by atoms with van der Waals surface area (Å²) < 4.78 is 0. The van der Waals surface area contributed by atoms with Crippen molar-refractivity contribution in [3.63, 3.8) is 0 Å². The number of hydrogen-bond donors (Lipinski definition) is 0. The summed E-state index contributed by atoms with van der Waals surface area (Å²) in [5.41, 5.74) is 0. The zero-order valence-corrected chi connectivity index (χ0v) is 44.7. The van der Waals surface area contributed by atoms with E-state index in [2.05, 4.69) is 25.7 Å². The fourth-order valence-electron chi connectivity index (χ4n) is 10.1. The van der Waals surface area contributed by atoms with Crippen LogP contribution >= 0.6 is 0 Å². The van der Waals surface area contributed by atoms with Crippen molar-refractivity contribution in [2.45, 2.75) is 374 Å². The maximum Gasteiger partial charge on any atom is 0.222 e. The van der Waals surface area contributed by atoms with Gasteiger partial charge in [-0.05, 0) is 19.3 Å². The van der Waals surface area contributed by atoms with Gasteiger partial charge >= 0.3 is 0 Å². The van der Waals surface area contributed by atoms with E-state index in [1.54, 1.807) is 0 Å². The molecular weight excluding hydrogens is 763 g/mol. The van der Waals surface area contributed by atoms with Crippen LogP contribution in [-0.4, -0.2) is 23.9 Å². The van der Waals surface area contributed by atoms with E-state index in [4.69, 9.17) is 0 Å². The van der Waals surface area contributed by atoms with E-state index < -0.39 is 0 Å². The van der Waals surface area contributed by atoms with Crippen LogP contribution < -0.4 is 0 Å². The summed E-state index contributed by atoms with van der Waals surface area (Å²) in [4.78, 5) is 15.6. The molecule has 0 fully saturated rings. The van der Waals surface area contributed by atoms with Crippen LogP contribution in [0.5, 0.6) is 0 Å². The van der Waals surface area contributed by atoms with Gasteiger partial charge in [-0.1, -0.05) is 348 Å². The van der Waals surface area contributed by atoms with Crippen molar-refractivity contribution in [1.82, 2.24) is 4.90 Å². The molecule has 0 aromatic rings. The van der Waals surface area contributed by atoms with Gasteiger partial charge in [0.15, 0.2) is 0 Å². The Hall–Kier alpha value is -0.530. The van der Waals surface area contributed by atoms with Crippen LogP contribution in [0.25, 0.3) is 0 Å². The number of carbonyl (C=O) groups is 1. The van der Waals surface area contributed by atoms with E-state index in [1.807, 2.05) is 0 Å². The molecular formula is C61H123NO. The molecule has 0 rings (SSSR count). The summed E-state index contributed by atoms with van der Waals surface area (Å²) in [5.74, 6) is 0.455. The predicted octanol–water partition coefficient (Wildman–Crippen LogP) is 22.3. The Bertz CT molecular complexity index is 809. The molecule has 63 heavy (non-hydrogen) atoms. The molecule has 0 aromatic carbocycles. The molecule has 2 heteroatoms. The quantitative estimate of drug-likeness (QED) is 0.0557. The van der Waals surface area contributed by atoms with E-state index in [0.717, 1.165) is 25.9 Å². The average Bonchev–Trinajstić information content (AvgIpc) is 3.29. The molecule has 1 amide bonds. The lowest BCUT2D eigenvalue weighted by atomic mass is 10.0. The fourth-order valence-corrected chi connectivity index (χ4v) is 10.1. The lowest BCUT2D eigenvalue weighted by molar-refractivity contribution is -0.131. The summed E-state index contributed by atoms with van der Waals surface area (Å²) in [5, 5.41) is 0. The van der Waals surface area contributed by atoms with Crippen molar-refractivity contribution >= 4 is 5.91 Å². The highest BCUT2D eigenvalue weighted by Gasteiger charge is 2.13. The largest absolute Gasteiger partial charge is 0.343 e. The molecule has 0 unspecified atom stereocenters. The van der Waals surface area contributed by atoms with Crippen molar-refractivity contribution in [3.8, 4) is 0 Å². The van der Waals surface area contributed by atoms with Gasteiger partial charge in [0.05, 0.1) is 0 Å². The highest BCUT2D eigenvalue weighted by molar-refractivity contribution is 5.76. The second-order valence-corrected chi connectivity index (χ2v) is 21.2. The molecule has 0 N–H and O–H groups in total. The first-order chi connectivity index (χ1) is 31.3. The summed E-state index contributed by atoms with van der Waals surface area (Å²) >= 11 is 0. The van der Waals surface area contributed by atoms with Crippen LogP contribution in [0, 0.1) is 0 Å². The van der Waals surface area contributed by atoms with E-state index in [-0.39, 0.29) is 0 Å². The van der Waals surface area contributed by atoms with Gasteiger partial charge in [-0.25, -0.2) is 0 Å². The highest BCUT2D eigenvalue weighted by atomic mass is 16.2. The first-order valence-electron chi connectivity index (χ1n) is 30.5.